The fourth-order valence-electron chi connectivity index (χ4n) is 1.81. The molecule has 18 heavy (non-hydrogen) atoms. The Bertz CT molecular complexity index is 358. The number of esters is 1. The van der Waals surface area contributed by atoms with Gasteiger partial charge >= 0.3 is 17.8 Å². The fraction of sp³-hybridized carbons (Fsp3) is 0.750. The maximum absolute atomic E-state index is 11.8. The molecule has 1 unspecified atom stereocenters. The van der Waals surface area contributed by atoms with Gasteiger partial charge in [0.2, 0.25) is 0 Å². The number of piperidine rings is 1. The summed E-state index contributed by atoms with van der Waals surface area (Å²) in [4.78, 5) is 35.5. The monoisotopic (exact) mass is 257 g/mol. The van der Waals surface area contributed by atoms with Crippen LogP contribution in [-0.4, -0.2) is 46.5 Å². The van der Waals surface area contributed by atoms with Crippen molar-refractivity contribution >= 4 is 17.8 Å². The summed E-state index contributed by atoms with van der Waals surface area (Å²) in [6, 6.07) is 0. The largest absolute Gasteiger partial charge is 0.481 e. The number of carboxylic acid groups (broad SMARTS) is 1. The van der Waals surface area contributed by atoms with E-state index in [4.69, 9.17) is 9.84 Å². The van der Waals surface area contributed by atoms with Gasteiger partial charge in [-0.15, -0.1) is 0 Å². The molecule has 0 aliphatic carbocycles. The normalized spacial score (nSPS) is 20.4. The topological polar surface area (TPSA) is 83.9 Å². The van der Waals surface area contributed by atoms with E-state index in [0.717, 1.165) is 0 Å². The van der Waals surface area contributed by atoms with Crippen LogP contribution in [0.15, 0.2) is 0 Å². The smallest absolute Gasteiger partial charge is 0.397 e. The number of carboxylic acids is 1. The van der Waals surface area contributed by atoms with Crippen LogP contribution in [0.4, 0.5) is 0 Å². The first-order chi connectivity index (χ1) is 8.20. The minimum absolute atomic E-state index is 0.0768. The third kappa shape index (κ3) is 4.01. The van der Waals surface area contributed by atoms with E-state index >= 15 is 0 Å². The number of ether oxygens (including phenoxy) is 1. The van der Waals surface area contributed by atoms with Crippen LogP contribution in [0, 0.1) is 5.92 Å². The standard InChI is InChI=1S/C12H19NO5/c1-12(2,3)18-11(17)9(14)13-6-4-5-8(7-13)10(15)16/h8H,4-7H2,1-3H3,(H,15,16). The average molecular weight is 257 g/mol. The SMILES string of the molecule is CC(C)(C)OC(=O)C(=O)N1CCCC(C(=O)O)C1. The number of nitrogens with zero attached hydrogens (tertiary/aromatic N) is 1. The van der Waals surface area contributed by atoms with Gasteiger partial charge in [-0.2, -0.15) is 0 Å². The Morgan fingerprint density at radius 2 is 1.89 bits per heavy atom. The first-order valence-electron chi connectivity index (χ1n) is 5.96. The number of hydrogen-bond acceptors (Lipinski definition) is 4. The van der Waals surface area contributed by atoms with E-state index in [1.165, 1.54) is 4.90 Å². The summed E-state index contributed by atoms with van der Waals surface area (Å²) in [6.07, 6.45) is 1.12. The first-order valence-corrected chi connectivity index (χ1v) is 5.96. The highest BCUT2D eigenvalue weighted by Crippen LogP contribution is 2.17. The molecule has 1 aliphatic heterocycles. The quantitative estimate of drug-likeness (QED) is 0.551. The van der Waals surface area contributed by atoms with Crippen molar-refractivity contribution in [1.82, 2.24) is 4.90 Å². The molecule has 1 amide bonds. The second-order valence-corrected chi connectivity index (χ2v) is 5.43. The van der Waals surface area contributed by atoms with E-state index in [9.17, 15) is 14.4 Å². The van der Waals surface area contributed by atoms with Crippen molar-refractivity contribution in [3.05, 3.63) is 0 Å². The van der Waals surface area contributed by atoms with Gasteiger partial charge < -0.3 is 14.7 Å². The Kier molecular flexibility index (Phi) is 4.32. The summed E-state index contributed by atoms with van der Waals surface area (Å²) in [5, 5.41) is 8.91. The third-order valence-corrected chi connectivity index (χ3v) is 2.63. The number of carbonyl (C=O) groups excluding carboxylic acids is 2. The highest BCUT2D eigenvalue weighted by Gasteiger charge is 2.33. The van der Waals surface area contributed by atoms with E-state index in [1.807, 2.05) is 0 Å². The molecular formula is C12H19NO5. The second kappa shape index (κ2) is 5.37. The van der Waals surface area contributed by atoms with Crippen LogP contribution in [0.5, 0.6) is 0 Å². The van der Waals surface area contributed by atoms with Crippen LogP contribution in [-0.2, 0) is 19.1 Å². The number of rotatable bonds is 1. The minimum Gasteiger partial charge on any atom is -0.481 e. The van der Waals surface area contributed by atoms with Crippen molar-refractivity contribution in [2.75, 3.05) is 13.1 Å². The van der Waals surface area contributed by atoms with Gasteiger partial charge in [-0.3, -0.25) is 9.59 Å². The van der Waals surface area contributed by atoms with Crippen LogP contribution in [0.3, 0.4) is 0 Å². The molecule has 0 aromatic rings. The number of hydrogen-bond donors (Lipinski definition) is 1. The molecule has 0 radical (unpaired) electrons. The molecule has 1 rings (SSSR count). The van der Waals surface area contributed by atoms with Crippen LogP contribution >= 0.6 is 0 Å². The highest BCUT2D eigenvalue weighted by molar-refractivity contribution is 6.32. The lowest BCUT2D eigenvalue weighted by Gasteiger charge is -2.30. The Balaban J connectivity index is 2.61. The second-order valence-electron chi connectivity index (χ2n) is 5.43. The molecule has 0 aromatic heterocycles. The van der Waals surface area contributed by atoms with Crippen LogP contribution in [0.25, 0.3) is 0 Å². The Morgan fingerprint density at radius 3 is 2.39 bits per heavy atom. The lowest BCUT2D eigenvalue weighted by atomic mass is 9.98. The molecule has 1 fully saturated rings. The van der Waals surface area contributed by atoms with Crippen molar-refractivity contribution in [3.8, 4) is 0 Å². The fourth-order valence-corrected chi connectivity index (χ4v) is 1.81. The van der Waals surface area contributed by atoms with E-state index in [2.05, 4.69) is 0 Å². The number of carbonyl (C=O) groups is 3. The van der Waals surface area contributed by atoms with E-state index in [1.54, 1.807) is 20.8 Å². The van der Waals surface area contributed by atoms with Gasteiger partial charge in [0.1, 0.15) is 5.60 Å². The van der Waals surface area contributed by atoms with E-state index < -0.39 is 29.4 Å². The maximum Gasteiger partial charge on any atom is 0.397 e. The van der Waals surface area contributed by atoms with Crippen molar-refractivity contribution in [2.45, 2.75) is 39.2 Å². The molecule has 6 heteroatoms. The Morgan fingerprint density at radius 1 is 1.28 bits per heavy atom. The van der Waals surface area contributed by atoms with Crippen LogP contribution in [0.1, 0.15) is 33.6 Å². The lowest BCUT2D eigenvalue weighted by Crippen LogP contribution is -2.46. The minimum atomic E-state index is -0.934. The zero-order chi connectivity index (χ0) is 13.9. The summed E-state index contributed by atoms with van der Waals surface area (Å²) in [5.41, 5.74) is -0.727. The average Bonchev–Trinajstić information content (AvgIpc) is 2.26. The Labute approximate surface area is 106 Å². The molecule has 102 valence electrons. The number of amides is 1. The van der Waals surface area contributed by atoms with Gasteiger partial charge in [-0.05, 0) is 33.6 Å². The molecule has 0 saturated carbocycles. The Hall–Kier alpha value is -1.59. The zero-order valence-electron chi connectivity index (χ0n) is 10.9. The number of aliphatic carboxylic acids is 1. The summed E-state index contributed by atoms with van der Waals surface area (Å²) < 4.78 is 4.97. The molecular weight excluding hydrogens is 238 g/mol. The van der Waals surface area contributed by atoms with Gasteiger partial charge in [0.25, 0.3) is 0 Å². The molecule has 1 N–H and O–H groups in total. The van der Waals surface area contributed by atoms with Crippen molar-refractivity contribution in [3.63, 3.8) is 0 Å². The van der Waals surface area contributed by atoms with E-state index in [-0.39, 0.29) is 6.54 Å². The molecule has 1 aliphatic rings. The van der Waals surface area contributed by atoms with Crippen molar-refractivity contribution in [1.29, 1.82) is 0 Å². The van der Waals surface area contributed by atoms with Gasteiger partial charge in [-0.25, -0.2) is 4.79 Å². The first kappa shape index (κ1) is 14.5. The van der Waals surface area contributed by atoms with Gasteiger partial charge in [0.05, 0.1) is 5.92 Å². The molecule has 6 nitrogen and oxygen atoms in total. The number of likely N-dealkylation sites (tertiary alicyclic amines) is 1. The van der Waals surface area contributed by atoms with Gasteiger partial charge in [-0.1, -0.05) is 0 Å². The van der Waals surface area contributed by atoms with Crippen molar-refractivity contribution < 1.29 is 24.2 Å². The van der Waals surface area contributed by atoms with Gasteiger partial charge in [0, 0.05) is 13.1 Å². The molecule has 1 heterocycles. The predicted molar refractivity (Wildman–Crippen MR) is 62.8 cm³/mol. The summed E-state index contributed by atoms with van der Waals surface area (Å²) in [6.45, 7) is 5.51. The predicted octanol–water partition coefficient (Wildman–Crippen LogP) is 0.651. The zero-order valence-corrected chi connectivity index (χ0v) is 10.9. The highest BCUT2D eigenvalue weighted by atomic mass is 16.6. The van der Waals surface area contributed by atoms with Crippen LogP contribution < -0.4 is 0 Å². The molecule has 0 bridgehead atoms. The molecule has 0 spiro atoms. The molecule has 0 aromatic carbocycles. The lowest BCUT2D eigenvalue weighted by molar-refractivity contribution is -0.169. The summed E-state index contributed by atoms with van der Waals surface area (Å²) in [5.74, 6) is -3.20. The summed E-state index contributed by atoms with van der Waals surface area (Å²) in [7, 11) is 0. The third-order valence-electron chi connectivity index (χ3n) is 2.63. The summed E-state index contributed by atoms with van der Waals surface area (Å²) >= 11 is 0. The van der Waals surface area contributed by atoms with Gasteiger partial charge in [0.15, 0.2) is 0 Å². The van der Waals surface area contributed by atoms with E-state index in [0.29, 0.717) is 19.4 Å². The maximum atomic E-state index is 11.8. The van der Waals surface area contributed by atoms with Crippen molar-refractivity contribution in [2.24, 2.45) is 5.92 Å². The molecule has 1 saturated heterocycles. The molecule has 1 atom stereocenters. The van der Waals surface area contributed by atoms with Crippen LogP contribution in [0.2, 0.25) is 0 Å².